The number of hydrogen-bond donors (Lipinski definition) is 1. The average molecular weight is 289 g/mol. The Bertz CT molecular complexity index is 677. The first-order valence-corrected chi connectivity index (χ1v) is 6.29. The maximum Gasteiger partial charge on any atom is 0.186 e. The highest BCUT2D eigenvalue weighted by Crippen LogP contribution is 2.36. The molecule has 0 aromatic heterocycles. The van der Waals surface area contributed by atoms with Crippen LogP contribution < -0.4 is 4.74 Å². The number of aromatic hydroxyl groups is 1. The van der Waals surface area contributed by atoms with Gasteiger partial charge in [0.25, 0.3) is 0 Å². The van der Waals surface area contributed by atoms with Crippen LogP contribution in [-0.2, 0) is 0 Å². The molecular weight excluding hydrogens is 276 g/mol. The zero-order valence-corrected chi connectivity index (χ0v) is 11.6. The summed E-state index contributed by atoms with van der Waals surface area (Å²) in [5, 5.41) is 9.96. The summed E-state index contributed by atoms with van der Waals surface area (Å²) in [6, 6.07) is 10.1. The van der Waals surface area contributed by atoms with Gasteiger partial charge in [-0.3, -0.25) is 4.79 Å². The molecule has 2 aromatic rings. The van der Waals surface area contributed by atoms with Gasteiger partial charge < -0.3 is 9.84 Å². The maximum absolute atomic E-state index is 11.7. The molecule has 0 aliphatic heterocycles. The summed E-state index contributed by atoms with van der Waals surface area (Å²) in [5.41, 5.74) is 1.84. The molecule has 0 aliphatic carbocycles. The number of benzene rings is 2. The lowest BCUT2D eigenvalue weighted by atomic mass is 10.0. The normalized spacial score (nSPS) is 10.1. The SMILES string of the molecule is C=CC(=O)c1cccc(-c2ccc(O)c(OC)c2)c1Cl. The van der Waals surface area contributed by atoms with Crippen molar-refractivity contribution >= 4 is 17.4 Å². The highest BCUT2D eigenvalue weighted by molar-refractivity contribution is 6.37. The van der Waals surface area contributed by atoms with Crippen LogP contribution in [-0.4, -0.2) is 18.0 Å². The van der Waals surface area contributed by atoms with Crippen molar-refractivity contribution in [1.82, 2.24) is 0 Å². The molecule has 0 atom stereocenters. The minimum Gasteiger partial charge on any atom is -0.504 e. The van der Waals surface area contributed by atoms with Crippen molar-refractivity contribution in [2.45, 2.75) is 0 Å². The Kier molecular flexibility index (Phi) is 4.11. The highest BCUT2D eigenvalue weighted by Gasteiger charge is 2.13. The largest absolute Gasteiger partial charge is 0.504 e. The molecule has 2 rings (SSSR count). The van der Waals surface area contributed by atoms with Gasteiger partial charge in [-0.15, -0.1) is 0 Å². The molecule has 102 valence electrons. The van der Waals surface area contributed by atoms with E-state index in [1.807, 2.05) is 0 Å². The summed E-state index contributed by atoms with van der Waals surface area (Å²) in [5.74, 6) is 0.160. The molecule has 3 nitrogen and oxygen atoms in total. The van der Waals surface area contributed by atoms with Gasteiger partial charge in [0.15, 0.2) is 17.3 Å². The summed E-state index contributed by atoms with van der Waals surface area (Å²) in [7, 11) is 1.47. The fourth-order valence-corrected chi connectivity index (χ4v) is 2.23. The summed E-state index contributed by atoms with van der Waals surface area (Å²) in [6.45, 7) is 3.46. The molecule has 0 amide bonds. The Hall–Kier alpha value is -2.26. The second kappa shape index (κ2) is 5.80. The highest BCUT2D eigenvalue weighted by atomic mass is 35.5. The van der Waals surface area contributed by atoms with Crippen LogP contribution in [0.5, 0.6) is 11.5 Å². The molecule has 2 aromatic carbocycles. The Morgan fingerprint density at radius 1 is 1.35 bits per heavy atom. The molecule has 0 saturated heterocycles. The predicted octanol–water partition coefficient (Wildman–Crippen LogP) is 4.09. The van der Waals surface area contributed by atoms with Gasteiger partial charge in [-0.1, -0.05) is 36.4 Å². The minimum atomic E-state index is -0.234. The molecule has 0 aliphatic rings. The fraction of sp³-hybridized carbons (Fsp3) is 0.0625. The van der Waals surface area contributed by atoms with Gasteiger partial charge in [0, 0.05) is 11.1 Å². The van der Waals surface area contributed by atoms with Gasteiger partial charge in [-0.05, 0) is 29.8 Å². The number of hydrogen-bond acceptors (Lipinski definition) is 3. The van der Waals surface area contributed by atoms with Crippen LogP contribution in [0.25, 0.3) is 11.1 Å². The Labute approximate surface area is 122 Å². The number of carbonyl (C=O) groups is 1. The van der Waals surface area contributed by atoms with Gasteiger partial charge in [-0.2, -0.15) is 0 Å². The smallest absolute Gasteiger partial charge is 0.186 e. The number of rotatable bonds is 4. The number of methoxy groups -OCH3 is 1. The lowest BCUT2D eigenvalue weighted by Crippen LogP contribution is -1.96. The molecule has 4 heteroatoms. The van der Waals surface area contributed by atoms with Crippen LogP contribution in [0.2, 0.25) is 5.02 Å². The molecule has 1 N–H and O–H groups in total. The summed E-state index contributed by atoms with van der Waals surface area (Å²) < 4.78 is 5.07. The van der Waals surface area contributed by atoms with Crippen molar-refractivity contribution in [1.29, 1.82) is 0 Å². The fourth-order valence-electron chi connectivity index (χ4n) is 1.90. The van der Waals surface area contributed by atoms with Crippen molar-refractivity contribution in [3.05, 3.63) is 59.6 Å². The monoisotopic (exact) mass is 288 g/mol. The standard InChI is InChI=1S/C16H13ClO3/c1-3-13(18)12-6-4-5-11(16(12)17)10-7-8-14(19)15(9-10)20-2/h3-9,19H,1H2,2H3. The summed E-state index contributed by atoms with van der Waals surface area (Å²) >= 11 is 6.28. The van der Waals surface area contributed by atoms with E-state index >= 15 is 0 Å². The zero-order valence-electron chi connectivity index (χ0n) is 10.9. The van der Waals surface area contributed by atoms with E-state index in [2.05, 4.69) is 6.58 Å². The minimum absolute atomic E-state index is 0.0469. The molecular formula is C16H13ClO3. The Morgan fingerprint density at radius 2 is 2.10 bits per heavy atom. The lowest BCUT2D eigenvalue weighted by Gasteiger charge is -2.10. The van der Waals surface area contributed by atoms with E-state index in [-0.39, 0.29) is 11.5 Å². The third-order valence-electron chi connectivity index (χ3n) is 2.94. The van der Waals surface area contributed by atoms with E-state index in [1.165, 1.54) is 19.3 Å². The van der Waals surface area contributed by atoms with E-state index in [0.717, 1.165) is 5.56 Å². The third-order valence-corrected chi connectivity index (χ3v) is 3.35. The van der Waals surface area contributed by atoms with Crippen LogP contribution >= 0.6 is 11.6 Å². The zero-order chi connectivity index (χ0) is 14.7. The number of allylic oxidation sites excluding steroid dienone is 1. The molecule has 0 heterocycles. The molecule has 0 spiro atoms. The van der Waals surface area contributed by atoms with Gasteiger partial charge in [0.05, 0.1) is 12.1 Å². The molecule has 0 fully saturated rings. The van der Waals surface area contributed by atoms with E-state index in [9.17, 15) is 9.90 Å². The predicted molar refractivity (Wildman–Crippen MR) is 79.6 cm³/mol. The maximum atomic E-state index is 11.7. The van der Waals surface area contributed by atoms with Crippen LogP contribution in [0, 0.1) is 0 Å². The first-order chi connectivity index (χ1) is 9.58. The van der Waals surface area contributed by atoms with Gasteiger partial charge in [-0.25, -0.2) is 0 Å². The van der Waals surface area contributed by atoms with Crippen molar-refractivity contribution in [2.24, 2.45) is 0 Å². The lowest BCUT2D eigenvalue weighted by molar-refractivity contribution is 0.104. The summed E-state index contributed by atoms with van der Waals surface area (Å²) in [4.78, 5) is 11.7. The number of halogens is 1. The molecule has 20 heavy (non-hydrogen) atoms. The second-order valence-electron chi connectivity index (χ2n) is 4.12. The quantitative estimate of drug-likeness (QED) is 0.681. The molecule has 0 saturated carbocycles. The molecule has 0 radical (unpaired) electrons. The first-order valence-electron chi connectivity index (χ1n) is 5.91. The van der Waals surface area contributed by atoms with E-state index in [4.69, 9.17) is 16.3 Å². The van der Waals surface area contributed by atoms with Gasteiger partial charge in [0.2, 0.25) is 0 Å². The van der Waals surface area contributed by atoms with Crippen molar-refractivity contribution in [2.75, 3.05) is 7.11 Å². The number of phenols is 1. The average Bonchev–Trinajstić information content (AvgIpc) is 2.47. The summed E-state index contributed by atoms with van der Waals surface area (Å²) in [6.07, 6.45) is 1.22. The van der Waals surface area contributed by atoms with Crippen LogP contribution in [0.3, 0.4) is 0 Å². The van der Waals surface area contributed by atoms with Crippen molar-refractivity contribution in [3.63, 3.8) is 0 Å². The number of phenolic OH excluding ortho intramolecular Hbond substituents is 1. The third kappa shape index (κ3) is 2.53. The van der Waals surface area contributed by atoms with Crippen LogP contribution in [0.4, 0.5) is 0 Å². The van der Waals surface area contributed by atoms with Gasteiger partial charge >= 0.3 is 0 Å². The van der Waals surface area contributed by atoms with Crippen molar-refractivity contribution < 1.29 is 14.6 Å². The van der Waals surface area contributed by atoms with E-state index < -0.39 is 0 Å². The van der Waals surface area contributed by atoms with E-state index in [1.54, 1.807) is 30.3 Å². The Balaban J connectivity index is 2.58. The number of ether oxygens (including phenoxy) is 1. The second-order valence-corrected chi connectivity index (χ2v) is 4.50. The number of carbonyl (C=O) groups excluding carboxylic acids is 1. The number of ketones is 1. The van der Waals surface area contributed by atoms with Crippen LogP contribution in [0.15, 0.2) is 49.1 Å². The molecule has 0 unspecified atom stereocenters. The van der Waals surface area contributed by atoms with Crippen LogP contribution in [0.1, 0.15) is 10.4 Å². The first kappa shape index (κ1) is 14.2. The van der Waals surface area contributed by atoms with Crippen molar-refractivity contribution in [3.8, 4) is 22.6 Å². The van der Waals surface area contributed by atoms with Gasteiger partial charge in [0.1, 0.15) is 0 Å². The molecule has 0 bridgehead atoms. The topological polar surface area (TPSA) is 46.5 Å². The Morgan fingerprint density at radius 3 is 2.75 bits per heavy atom. The van der Waals surface area contributed by atoms with E-state index in [0.29, 0.717) is 21.9 Å².